The number of likely N-dealkylation sites (N-methyl/N-ethyl adjacent to an activating group) is 1. The third-order valence-electron chi connectivity index (χ3n) is 7.12. The van der Waals surface area contributed by atoms with Crippen LogP contribution in [0.5, 0.6) is 0 Å². The molecular weight excluding hydrogens is 486 g/mol. The molecule has 196 valence electrons. The van der Waals surface area contributed by atoms with Crippen LogP contribution >= 0.6 is 0 Å². The van der Waals surface area contributed by atoms with Gasteiger partial charge in [-0.2, -0.15) is 0 Å². The van der Waals surface area contributed by atoms with E-state index in [2.05, 4.69) is 91.8 Å². The van der Waals surface area contributed by atoms with Crippen molar-refractivity contribution in [2.24, 2.45) is 0 Å². The molecular formula is C30H31N9. The number of aryl methyl sites for hydroxylation is 1. The maximum absolute atomic E-state index is 4.69. The van der Waals surface area contributed by atoms with Crippen molar-refractivity contribution in [3.8, 4) is 28.2 Å². The molecule has 0 atom stereocenters. The van der Waals surface area contributed by atoms with Crippen molar-refractivity contribution in [1.29, 1.82) is 0 Å². The highest BCUT2D eigenvalue weighted by Crippen LogP contribution is 2.28. The number of nitrogens with one attached hydrogen (secondary N) is 1. The number of anilines is 2. The average Bonchev–Trinajstić information content (AvgIpc) is 3.47. The molecule has 39 heavy (non-hydrogen) atoms. The van der Waals surface area contributed by atoms with Gasteiger partial charge in [0, 0.05) is 68.1 Å². The summed E-state index contributed by atoms with van der Waals surface area (Å²) in [5, 5.41) is 12.0. The number of benzene rings is 2. The molecule has 0 saturated carbocycles. The molecule has 0 spiro atoms. The van der Waals surface area contributed by atoms with E-state index in [4.69, 9.17) is 4.98 Å². The van der Waals surface area contributed by atoms with Crippen molar-refractivity contribution in [1.82, 2.24) is 39.7 Å². The molecule has 9 heteroatoms. The third kappa shape index (κ3) is 5.69. The lowest BCUT2D eigenvalue weighted by molar-refractivity contribution is 0.148. The van der Waals surface area contributed by atoms with Crippen molar-refractivity contribution in [3.63, 3.8) is 0 Å². The fourth-order valence-electron chi connectivity index (χ4n) is 4.76. The van der Waals surface area contributed by atoms with Crippen LogP contribution in [0.15, 0.2) is 85.5 Å². The van der Waals surface area contributed by atoms with Crippen LogP contribution in [0.2, 0.25) is 0 Å². The van der Waals surface area contributed by atoms with Gasteiger partial charge in [-0.3, -0.25) is 9.88 Å². The van der Waals surface area contributed by atoms with Crippen molar-refractivity contribution < 1.29 is 0 Å². The van der Waals surface area contributed by atoms with Gasteiger partial charge in [-0.15, -0.1) is 5.10 Å². The number of nitrogens with zero attached hydrogens (tertiary/aromatic N) is 8. The molecule has 0 unspecified atom stereocenters. The van der Waals surface area contributed by atoms with E-state index in [0.717, 1.165) is 72.2 Å². The Morgan fingerprint density at radius 3 is 2.51 bits per heavy atom. The highest BCUT2D eigenvalue weighted by atomic mass is 15.4. The Balaban J connectivity index is 1.21. The molecule has 2 aromatic carbocycles. The highest BCUT2D eigenvalue weighted by Gasteiger charge is 2.15. The monoisotopic (exact) mass is 517 g/mol. The maximum Gasteiger partial charge on any atom is 0.227 e. The van der Waals surface area contributed by atoms with E-state index in [0.29, 0.717) is 5.95 Å². The standard InChI is InChI=1S/C30H31N9/c1-22-5-8-24(18-28(22)35-30-32-13-11-27(34-30)25-4-3-12-31-19-25)29-20-33-36-39(29)26-9-6-23(7-10-26)21-38-16-14-37(2)15-17-38/h3-13,18-20H,14-17,21H2,1-2H3,(H,32,34,35). The van der Waals surface area contributed by atoms with Crippen LogP contribution in [0, 0.1) is 6.92 Å². The normalized spacial score (nSPS) is 14.4. The number of piperazine rings is 1. The Kier molecular flexibility index (Phi) is 7.07. The van der Waals surface area contributed by atoms with Gasteiger partial charge in [-0.25, -0.2) is 14.6 Å². The molecule has 5 aromatic rings. The van der Waals surface area contributed by atoms with Crippen molar-refractivity contribution in [3.05, 3.63) is 96.6 Å². The van der Waals surface area contributed by atoms with E-state index < -0.39 is 0 Å². The number of hydrogen-bond donors (Lipinski definition) is 1. The summed E-state index contributed by atoms with van der Waals surface area (Å²) in [6, 6.07) is 20.6. The molecule has 1 N–H and O–H groups in total. The smallest absolute Gasteiger partial charge is 0.227 e. The van der Waals surface area contributed by atoms with Gasteiger partial charge in [-0.1, -0.05) is 29.5 Å². The Morgan fingerprint density at radius 2 is 1.72 bits per heavy atom. The van der Waals surface area contributed by atoms with Gasteiger partial charge in [0.2, 0.25) is 5.95 Å². The molecule has 0 radical (unpaired) electrons. The topological polar surface area (TPSA) is 87.9 Å². The summed E-state index contributed by atoms with van der Waals surface area (Å²) in [7, 11) is 2.18. The molecule has 1 aliphatic heterocycles. The summed E-state index contributed by atoms with van der Waals surface area (Å²) in [6.07, 6.45) is 7.10. The van der Waals surface area contributed by atoms with Crippen LogP contribution in [0.1, 0.15) is 11.1 Å². The summed E-state index contributed by atoms with van der Waals surface area (Å²) in [4.78, 5) is 18.2. The first kappa shape index (κ1) is 24.8. The molecule has 6 rings (SSSR count). The minimum atomic E-state index is 0.527. The van der Waals surface area contributed by atoms with Crippen molar-refractivity contribution >= 4 is 11.6 Å². The molecule has 4 heterocycles. The summed E-state index contributed by atoms with van der Waals surface area (Å²) >= 11 is 0. The first-order chi connectivity index (χ1) is 19.1. The second-order valence-electron chi connectivity index (χ2n) is 9.94. The second kappa shape index (κ2) is 11.1. The minimum Gasteiger partial charge on any atom is -0.324 e. The predicted molar refractivity (Wildman–Crippen MR) is 153 cm³/mol. The second-order valence-corrected chi connectivity index (χ2v) is 9.94. The zero-order valence-electron chi connectivity index (χ0n) is 22.2. The maximum atomic E-state index is 4.69. The van der Waals surface area contributed by atoms with Crippen LogP contribution in [-0.4, -0.2) is 73.0 Å². The van der Waals surface area contributed by atoms with Gasteiger partial charge < -0.3 is 10.2 Å². The van der Waals surface area contributed by atoms with Gasteiger partial charge >= 0.3 is 0 Å². The lowest BCUT2D eigenvalue weighted by Gasteiger charge is -2.32. The van der Waals surface area contributed by atoms with E-state index in [1.54, 1.807) is 24.8 Å². The van der Waals surface area contributed by atoms with Gasteiger partial charge in [0.15, 0.2) is 0 Å². The van der Waals surface area contributed by atoms with E-state index in [-0.39, 0.29) is 0 Å². The van der Waals surface area contributed by atoms with Crippen LogP contribution in [0.3, 0.4) is 0 Å². The largest absolute Gasteiger partial charge is 0.324 e. The molecule has 1 fully saturated rings. The number of rotatable bonds is 7. The molecule has 9 nitrogen and oxygen atoms in total. The molecule has 0 amide bonds. The Hall–Kier alpha value is -4.47. The molecule has 0 bridgehead atoms. The van der Waals surface area contributed by atoms with Gasteiger partial charge in [-0.05, 0) is 61.5 Å². The average molecular weight is 518 g/mol. The third-order valence-corrected chi connectivity index (χ3v) is 7.12. The number of pyridine rings is 1. The minimum absolute atomic E-state index is 0.527. The summed E-state index contributed by atoms with van der Waals surface area (Å²) < 4.78 is 1.88. The van der Waals surface area contributed by atoms with Crippen LogP contribution in [0.25, 0.3) is 28.2 Å². The molecule has 1 aliphatic rings. The van der Waals surface area contributed by atoms with E-state index >= 15 is 0 Å². The zero-order chi connectivity index (χ0) is 26.6. The Bertz CT molecular complexity index is 1540. The molecule has 3 aromatic heterocycles. The Labute approximate surface area is 228 Å². The number of hydrogen-bond acceptors (Lipinski definition) is 8. The number of aromatic nitrogens is 6. The lowest BCUT2D eigenvalue weighted by Crippen LogP contribution is -2.43. The fourth-order valence-corrected chi connectivity index (χ4v) is 4.76. The van der Waals surface area contributed by atoms with Crippen LogP contribution < -0.4 is 5.32 Å². The Morgan fingerprint density at radius 1 is 0.872 bits per heavy atom. The van der Waals surface area contributed by atoms with Gasteiger partial charge in [0.1, 0.15) is 0 Å². The summed E-state index contributed by atoms with van der Waals surface area (Å²) in [6.45, 7) is 7.48. The lowest BCUT2D eigenvalue weighted by atomic mass is 10.1. The van der Waals surface area contributed by atoms with Gasteiger partial charge in [0.25, 0.3) is 0 Å². The first-order valence-electron chi connectivity index (χ1n) is 13.1. The summed E-state index contributed by atoms with van der Waals surface area (Å²) in [5.74, 6) is 0.527. The van der Waals surface area contributed by atoms with E-state index in [1.165, 1.54) is 5.56 Å². The first-order valence-corrected chi connectivity index (χ1v) is 13.1. The fraction of sp³-hybridized carbons (Fsp3) is 0.233. The van der Waals surface area contributed by atoms with E-state index in [1.807, 2.05) is 22.9 Å². The molecule has 1 saturated heterocycles. The van der Waals surface area contributed by atoms with Crippen LogP contribution in [0.4, 0.5) is 11.6 Å². The quantitative estimate of drug-likeness (QED) is 0.336. The predicted octanol–water partition coefficient (Wildman–Crippen LogP) is 4.59. The van der Waals surface area contributed by atoms with Gasteiger partial charge in [0.05, 0.1) is 23.3 Å². The van der Waals surface area contributed by atoms with E-state index in [9.17, 15) is 0 Å². The SMILES string of the molecule is Cc1ccc(-c2cnnn2-c2ccc(CN3CCN(C)CC3)cc2)cc1Nc1nccc(-c2cccnc2)n1. The van der Waals surface area contributed by atoms with Crippen molar-refractivity contribution in [2.45, 2.75) is 13.5 Å². The van der Waals surface area contributed by atoms with Crippen LogP contribution in [-0.2, 0) is 6.54 Å². The highest BCUT2D eigenvalue weighted by molar-refractivity contribution is 5.71. The zero-order valence-corrected chi connectivity index (χ0v) is 22.2. The molecule has 0 aliphatic carbocycles. The summed E-state index contributed by atoms with van der Waals surface area (Å²) in [5.41, 5.74) is 7.96. The van der Waals surface area contributed by atoms with Crippen molar-refractivity contribution in [2.75, 3.05) is 38.5 Å².